The highest BCUT2D eigenvalue weighted by Gasteiger charge is 2.27. The predicted octanol–water partition coefficient (Wildman–Crippen LogP) is 3.66. The van der Waals surface area contributed by atoms with E-state index >= 15 is 0 Å². The number of likely N-dealkylation sites (tertiary alicyclic amines) is 1. The van der Waals surface area contributed by atoms with Crippen LogP contribution in [0.2, 0.25) is 0 Å². The quantitative estimate of drug-likeness (QED) is 0.861. The van der Waals surface area contributed by atoms with Gasteiger partial charge in [0.2, 0.25) is 0 Å². The molecule has 1 saturated heterocycles. The molecule has 0 bridgehead atoms. The van der Waals surface area contributed by atoms with Crippen LogP contribution >= 0.6 is 0 Å². The van der Waals surface area contributed by atoms with Crippen molar-refractivity contribution in [2.24, 2.45) is 0 Å². The van der Waals surface area contributed by atoms with Gasteiger partial charge in [0.05, 0.1) is 6.10 Å². The van der Waals surface area contributed by atoms with E-state index < -0.39 is 0 Å². The van der Waals surface area contributed by atoms with Gasteiger partial charge in [-0.2, -0.15) is 0 Å². The number of hydrogen-bond acceptors (Lipinski definition) is 3. The predicted molar refractivity (Wildman–Crippen MR) is 92.9 cm³/mol. The highest BCUT2D eigenvalue weighted by atomic mass is 16.6. The largest absolute Gasteiger partial charge is 0.447 e. The molecular weight excluding hydrogens is 302 g/mol. The van der Waals surface area contributed by atoms with Crippen LogP contribution in [0.4, 0.5) is 4.79 Å². The van der Waals surface area contributed by atoms with Crippen LogP contribution in [0.15, 0.2) is 42.7 Å². The first-order valence-electron chi connectivity index (χ1n) is 8.64. The van der Waals surface area contributed by atoms with Gasteiger partial charge in [0.1, 0.15) is 5.82 Å². The Morgan fingerprint density at radius 3 is 2.62 bits per heavy atom. The fourth-order valence-electron chi connectivity index (χ4n) is 3.19. The van der Waals surface area contributed by atoms with Gasteiger partial charge in [-0.25, -0.2) is 9.78 Å². The first-order chi connectivity index (χ1) is 11.6. The summed E-state index contributed by atoms with van der Waals surface area (Å²) < 4.78 is 7.51. The molecule has 1 aromatic carbocycles. The minimum Gasteiger partial charge on any atom is -0.447 e. The highest BCUT2D eigenvalue weighted by molar-refractivity contribution is 5.67. The molecule has 5 heteroatoms. The summed E-state index contributed by atoms with van der Waals surface area (Å²) >= 11 is 0. The van der Waals surface area contributed by atoms with Crippen LogP contribution in [0.3, 0.4) is 0 Å². The van der Waals surface area contributed by atoms with Gasteiger partial charge in [0, 0.05) is 37.9 Å². The molecule has 1 aliphatic heterocycles. The third-order valence-electron chi connectivity index (χ3n) is 4.40. The maximum absolute atomic E-state index is 12.0. The van der Waals surface area contributed by atoms with Gasteiger partial charge in [-0.05, 0) is 32.3 Å². The maximum atomic E-state index is 12.0. The lowest BCUT2D eigenvalue weighted by atomic mass is 9.96. The van der Waals surface area contributed by atoms with Gasteiger partial charge >= 0.3 is 6.09 Å². The summed E-state index contributed by atoms with van der Waals surface area (Å²) in [5.41, 5.74) is 1.27. The molecule has 3 rings (SSSR count). The third kappa shape index (κ3) is 3.96. The number of hydrogen-bond donors (Lipinski definition) is 0. The lowest BCUT2D eigenvalue weighted by molar-refractivity contribution is 0.0687. The minimum atomic E-state index is -0.198. The molecule has 0 spiro atoms. The van der Waals surface area contributed by atoms with E-state index in [1.54, 1.807) is 4.90 Å². The molecule has 1 aromatic heterocycles. The van der Waals surface area contributed by atoms with Gasteiger partial charge in [-0.1, -0.05) is 30.3 Å². The van der Waals surface area contributed by atoms with E-state index in [0.717, 1.165) is 38.3 Å². The zero-order valence-corrected chi connectivity index (χ0v) is 14.4. The molecule has 1 aliphatic rings. The van der Waals surface area contributed by atoms with Gasteiger partial charge < -0.3 is 14.2 Å². The number of rotatable bonds is 4. The number of ether oxygens (including phenoxy) is 1. The number of aromatic nitrogens is 2. The molecule has 24 heavy (non-hydrogen) atoms. The van der Waals surface area contributed by atoms with Gasteiger partial charge in [0.25, 0.3) is 0 Å². The van der Waals surface area contributed by atoms with E-state index in [1.807, 2.05) is 32.3 Å². The number of benzene rings is 1. The van der Waals surface area contributed by atoms with Crippen molar-refractivity contribution in [2.45, 2.75) is 45.3 Å². The van der Waals surface area contributed by atoms with Crippen LogP contribution in [-0.2, 0) is 11.3 Å². The zero-order valence-electron chi connectivity index (χ0n) is 14.4. The zero-order chi connectivity index (χ0) is 16.9. The maximum Gasteiger partial charge on any atom is 0.410 e. The fraction of sp³-hybridized carbons (Fsp3) is 0.474. The number of nitrogens with zero attached hydrogens (tertiary/aromatic N) is 3. The van der Waals surface area contributed by atoms with E-state index in [4.69, 9.17) is 4.74 Å². The molecule has 0 aliphatic carbocycles. The Morgan fingerprint density at radius 1 is 1.25 bits per heavy atom. The standard InChI is InChI=1S/C19H25N3O2/c1-15(2)24-19(23)21-11-8-17(9-12-21)18-20-10-13-22(18)14-16-6-4-3-5-7-16/h3-7,10,13,15,17H,8-9,11-12,14H2,1-2H3. The van der Waals surface area contributed by atoms with Crippen molar-refractivity contribution in [3.8, 4) is 0 Å². The smallest absolute Gasteiger partial charge is 0.410 e. The van der Waals surface area contributed by atoms with Crippen LogP contribution in [-0.4, -0.2) is 39.7 Å². The molecular formula is C19H25N3O2. The van der Waals surface area contributed by atoms with Gasteiger partial charge in [-0.15, -0.1) is 0 Å². The highest BCUT2D eigenvalue weighted by Crippen LogP contribution is 2.27. The molecule has 2 aromatic rings. The van der Waals surface area contributed by atoms with Gasteiger partial charge in [-0.3, -0.25) is 0 Å². The molecule has 5 nitrogen and oxygen atoms in total. The van der Waals surface area contributed by atoms with Crippen molar-refractivity contribution in [1.82, 2.24) is 14.5 Å². The summed E-state index contributed by atoms with van der Waals surface area (Å²) in [7, 11) is 0. The number of imidazole rings is 1. The third-order valence-corrected chi connectivity index (χ3v) is 4.40. The van der Waals surface area contributed by atoms with Crippen molar-refractivity contribution >= 4 is 6.09 Å². The first kappa shape index (κ1) is 16.6. The molecule has 128 valence electrons. The Morgan fingerprint density at radius 2 is 1.96 bits per heavy atom. The average molecular weight is 327 g/mol. The Labute approximate surface area is 143 Å². The van der Waals surface area contributed by atoms with Crippen LogP contribution < -0.4 is 0 Å². The Kier molecular flexibility index (Phi) is 5.18. The van der Waals surface area contributed by atoms with Crippen molar-refractivity contribution in [2.75, 3.05) is 13.1 Å². The number of carbonyl (C=O) groups excluding carboxylic acids is 1. The number of piperidine rings is 1. The molecule has 1 fully saturated rings. The van der Waals surface area contributed by atoms with Crippen molar-refractivity contribution < 1.29 is 9.53 Å². The second kappa shape index (κ2) is 7.51. The number of amides is 1. The Balaban J connectivity index is 1.61. The summed E-state index contributed by atoms with van der Waals surface area (Å²) in [4.78, 5) is 18.4. The molecule has 0 N–H and O–H groups in total. The Hall–Kier alpha value is -2.30. The average Bonchev–Trinajstić information content (AvgIpc) is 3.03. The molecule has 0 radical (unpaired) electrons. The summed E-state index contributed by atoms with van der Waals surface area (Å²) in [5, 5.41) is 0. The van der Waals surface area contributed by atoms with Crippen LogP contribution in [0, 0.1) is 0 Å². The fourth-order valence-corrected chi connectivity index (χ4v) is 3.19. The molecule has 0 atom stereocenters. The lowest BCUT2D eigenvalue weighted by Gasteiger charge is -2.31. The minimum absolute atomic E-state index is 0.0694. The lowest BCUT2D eigenvalue weighted by Crippen LogP contribution is -2.39. The van der Waals surface area contributed by atoms with Gasteiger partial charge in [0.15, 0.2) is 0 Å². The monoisotopic (exact) mass is 327 g/mol. The second-order valence-electron chi connectivity index (χ2n) is 6.59. The van der Waals surface area contributed by atoms with E-state index in [1.165, 1.54) is 5.56 Å². The van der Waals surface area contributed by atoms with E-state index in [9.17, 15) is 4.79 Å². The van der Waals surface area contributed by atoms with Crippen molar-refractivity contribution in [3.63, 3.8) is 0 Å². The molecule has 0 saturated carbocycles. The number of carbonyl (C=O) groups is 1. The van der Waals surface area contributed by atoms with E-state index in [0.29, 0.717) is 5.92 Å². The molecule has 1 amide bonds. The topological polar surface area (TPSA) is 47.4 Å². The summed E-state index contributed by atoms with van der Waals surface area (Å²) in [5.74, 6) is 1.52. The molecule has 2 heterocycles. The normalized spacial score (nSPS) is 15.7. The van der Waals surface area contributed by atoms with E-state index in [-0.39, 0.29) is 12.2 Å². The second-order valence-corrected chi connectivity index (χ2v) is 6.59. The van der Waals surface area contributed by atoms with Crippen molar-refractivity contribution in [3.05, 3.63) is 54.1 Å². The summed E-state index contributed by atoms with van der Waals surface area (Å²) in [6.07, 6.45) is 5.51. The summed E-state index contributed by atoms with van der Waals surface area (Å²) in [6, 6.07) is 10.4. The van der Waals surface area contributed by atoms with Crippen LogP contribution in [0.5, 0.6) is 0 Å². The van der Waals surface area contributed by atoms with Crippen LogP contribution in [0.1, 0.15) is 44.0 Å². The Bertz CT molecular complexity index is 658. The molecule has 0 unspecified atom stereocenters. The first-order valence-corrected chi connectivity index (χ1v) is 8.64. The summed E-state index contributed by atoms with van der Waals surface area (Å²) in [6.45, 7) is 6.06. The van der Waals surface area contributed by atoms with Crippen LogP contribution in [0.25, 0.3) is 0 Å². The van der Waals surface area contributed by atoms with E-state index in [2.05, 4.69) is 33.8 Å². The van der Waals surface area contributed by atoms with Crippen molar-refractivity contribution in [1.29, 1.82) is 0 Å². The SMILES string of the molecule is CC(C)OC(=O)N1CCC(c2nccn2Cc2ccccc2)CC1.